The van der Waals surface area contributed by atoms with E-state index >= 15 is 0 Å². The van der Waals surface area contributed by atoms with Crippen LogP contribution in [0.3, 0.4) is 0 Å². The summed E-state index contributed by atoms with van der Waals surface area (Å²) in [6, 6.07) is 0. The molecule has 0 spiro atoms. The predicted octanol–water partition coefficient (Wildman–Crippen LogP) is 3.19. The third-order valence-electron chi connectivity index (χ3n) is 2.59. The summed E-state index contributed by atoms with van der Waals surface area (Å²) in [6.07, 6.45) is -2.89. The van der Waals surface area contributed by atoms with Gasteiger partial charge in [0, 0.05) is 0 Å². The molecule has 0 aliphatic rings. The van der Waals surface area contributed by atoms with Crippen LogP contribution in [0.1, 0.15) is 39.5 Å². The molecule has 0 aliphatic carbocycles. The first-order chi connectivity index (χ1) is 9.69. The molecule has 1 unspecified atom stereocenters. The number of carbonyl (C=O) groups excluding carboxylic acids is 2. The van der Waals surface area contributed by atoms with E-state index in [0.29, 0.717) is 0 Å². The standard InChI is InChI=1S/C13H20F4O4/c1-3-4-9(2)7-20-10(18)5-6-11(19)21-8-13(16,17)12(14)15/h9,12H,3-8H2,1-2H3. The van der Waals surface area contributed by atoms with Crippen LogP contribution in [0.25, 0.3) is 0 Å². The summed E-state index contributed by atoms with van der Waals surface area (Å²) < 4.78 is 57.4. The molecule has 0 rings (SSSR count). The van der Waals surface area contributed by atoms with Gasteiger partial charge in [-0.25, -0.2) is 8.78 Å². The van der Waals surface area contributed by atoms with Gasteiger partial charge in [0.15, 0.2) is 6.61 Å². The predicted molar refractivity (Wildman–Crippen MR) is 66.2 cm³/mol. The number of alkyl halides is 4. The van der Waals surface area contributed by atoms with Crippen LogP contribution >= 0.6 is 0 Å². The van der Waals surface area contributed by atoms with E-state index in [2.05, 4.69) is 4.74 Å². The highest BCUT2D eigenvalue weighted by molar-refractivity contribution is 5.77. The average molecular weight is 316 g/mol. The fraction of sp³-hybridized carbons (Fsp3) is 0.846. The quantitative estimate of drug-likeness (QED) is 0.459. The molecule has 0 saturated carbocycles. The molecule has 1 atom stereocenters. The van der Waals surface area contributed by atoms with Crippen molar-refractivity contribution in [2.75, 3.05) is 13.2 Å². The first kappa shape index (κ1) is 19.7. The number of halogens is 4. The number of rotatable bonds is 10. The Morgan fingerprint density at radius 2 is 1.62 bits per heavy atom. The van der Waals surface area contributed by atoms with Crippen molar-refractivity contribution in [2.24, 2.45) is 5.92 Å². The summed E-state index contributed by atoms with van der Waals surface area (Å²) in [7, 11) is 0. The lowest BCUT2D eigenvalue weighted by Crippen LogP contribution is -2.33. The molecule has 124 valence electrons. The number of carbonyl (C=O) groups is 2. The molecule has 4 nitrogen and oxygen atoms in total. The number of hydrogen-bond donors (Lipinski definition) is 0. The Labute approximate surface area is 120 Å². The topological polar surface area (TPSA) is 52.6 Å². The molecule has 8 heteroatoms. The molecule has 0 saturated heterocycles. The van der Waals surface area contributed by atoms with Crippen molar-refractivity contribution in [1.82, 2.24) is 0 Å². The first-order valence-corrected chi connectivity index (χ1v) is 6.66. The summed E-state index contributed by atoms with van der Waals surface area (Å²) in [5.74, 6) is -5.99. The van der Waals surface area contributed by atoms with Gasteiger partial charge < -0.3 is 9.47 Å². The molecular formula is C13H20F4O4. The smallest absolute Gasteiger partial charge is 0.340 e. The van der Waals surface area contributed by atoms with Gasteiger partial charge in [0.25, 0.3) is 0 Å². The highest BCUT2D eigenvalue weighted by Gasteiger charge is 2.42. The van der Waals surface area contributed by atoms with Crippen molar-refractivity contribution in [1.29, 1.82) is 0 Å². The second kappa shape index (κ2) is 9.57. The monoisotopic (exact) mass is 316 g/mol. The molecule has 0 N–H and O–H groups in total. The van der Waals surface area contributed by atoms with Gasteiger partial charge in [0.2, 0.25) is 0 Å². The van der Waals surface area contributed by atoms with Gasteiger partial charge >= 0.3 is 24.3 Å². The van der Waals surface area contributed by atoms with Crippen molar-refractivity contribution in [2.45, 2.75) is 51.9 Å². The Morgan fingerprint density at radius 1 is 1.10 bits per heavy atom. The minimum atomic E-state index is -4.38. The maximum absolute atomic E-state index is 12.5. The highest BCUT2D eigenvalue weighted by Crippen LogP contribution is 2.23. The molecule has 0 amide bonds. The molecule has 0 aromatic carbocycles. The third kappa shape index (κ3) is 9.25. The van der Waals surface area contributed by atoms with E-state index in [0.717, 1.165) is 12.8 Å². The molecule has 21 heavy (non-hydrogen) atoms. The van der Waals surface area contributed by atoms with Gasteiger partial charge in [-0.15, -0.1) is 0 Å². The Kier molecular flexibility index (Phi) is 8.96. The van der Waals surface area contributed by atoms with Crippen LogP contribution < -0.4 is 0 Å². The van der Waals surface area contributed by atoms with Gasteiger partial charge in [0.05, 0.1) is 19.4 Å². The maximum Gasteiger partial charge on any atom is 0.340 e. The molecule has 0 bridgehead atoms. The average Bonchev–Trinajstić information content (AvgIpc) is 2.40. The number of ether oxygens (including phenoxy) is 2. The van der Waals surface area contributed by atoms with Crippen LogP contribution in [-0.2, 0) is 19.1 Å². The summed E-state index contributed by atoms with van der Waals surface area (Å²) in [5, 5.41) is 0. The Bertz CT molecular complexity index is 334. The second-order valence-electron chi connectivity index (χ2n) is 4.80. The minimum Gasteiger partial charge on any atom is -0.465 e. The van der Waals surface area contributed by atoms with E-state index in [1.54, 1.807) is 0 Å². The lowest BCUT2D eigenvalue weighted by molar-refractivity contribution is -0.180. The Hall–Kier alpha value is -1.34. The third-order valence-corrected chi connectivity index (χ3v) is 2.59. The van der Waals surface area contributed by atoms with E-state index < -0.39 is 37.3 Å². The van der Waals surface area contributed by atoms with E-state index in [4.69, 9.17) is 4.74 Å². The van der Waals surface area contributed by atoms with Gasteiger partial charge in [-0.3, -0.25) is 9.59 Å². The summed E-state index contributed by atoms with van der Waals surface area (Å²) in [4.78, 5) is 22.3. The zero-order chi connectivity index (χ0) is 16.5. The molecule has 0 aliphatic heterocycles. The van der Waals surface area contributed by atoms with Gasteiger partial charge in [-0.05, 0) is 12.3 Å². The fourth-order valence-electron chi connectivity index (χ4n) is 1.40. The van der Waals surface area contributed by atoms with Crippen LogP contribution in [0.4, 0.5) is 17.6 Å². The lowest BCUT2D eigenvalue weighted by Gasteiger charge is -2.15. The SMILES string of the molecule is CCCC(C)COC(=O)CCC(=O)OCC(F)(F)C(F)F. The van der Waals surface area contributed by atoms with Crippen LogP contribution in [0.5, 0.6) is 0 Å². The summed E-state index contributed by atoms with van der Waals surface area (Å²) in [6.45, 7) is 2.40. The first-order valence-electron chi connectivity index (χ1n) is 6.66. The van der Waals surface area contributed by atoms with Crippen LogP contribution in [-0.4, -0.2) is 37.5 Å². The molecule has 0 aromatic rings. The second-order valence-corrected chi connectivity index (χ2v) is 4.80. The van der Waals surface area contributed by atoms with Crippen LogP contribution in [0.2, 0.25) is 0 Å². The summed E-state index contributed by atoms with van der Waals surface area (Å²) in [5.41, 5.74) is 0. The molecule has 0 aromatic heterocycles. The van der Waals surface area contributed by atoms with Crippen molar-refractivity contribution >= 4 is 11.9 Å². The summed E-state index contributed by atoms with van der Waals surface area (Å²) >= 11 is 0. The molecular weight excluding hydrogens is 296 g/mol. The minimum absolute atomic E-state index is 0.190. The van der Waals surface area contributed by atoms with Crippen LogP contribution in [0, 0.1) is 5.92 Å². The van der Waals surface area contributed by atoms with E-state index in [9.17, 15) is 27.2 Å². The van der Waals surface area contributed by atoms with E-state index in [1.165, 1.54) is 0 Å². The van der Waals surface area contributed by atoms with Crippen LogP contribution in [0.15, 0.2) is 0 Å². The van der Waals surface area contributed by atoms with E-state index in [-0.39, 0.29) is 18.9 Å². The number of esters is 2. The van der Waals surface area contributed by atoms with Crippen molar-refractivity contribution in [3.05, 3.63) is 0 Å². The lowest BCUT2D eigenvalue weighted by atomic mass is 10.1. The maximum atomic E-state index is 12.5. The fourth-order valence-corrected chi connectivity index (χ4v) is 1.40. The van der Waals surface area contributed by atoms with Gasteiger partial charge in [-0.1, -0.05) is 20.3 Å². The number of hydrogen-bond acceptors (Lipinski definition) is 4. The molecule has 0 fully saturated rings. The molecule has 0 heterocycles. The van der Waals surface area contributed by atoms with Crippen molar-refractivity contribution in [3.63, 3.8) is 0 Å². The molecule has 0 radical (unpaired) electrons. The zero-order valence-corrected chi connectivity index (χ0v) is 12.0. The highest BCUT2D eigenvalue weighted by atomic mass is 19.3. The van der Waals surface area contributed by atoms with Gasteiger partial charge in [0.1, 0.15) is 0 Å². The Morgan fingerprint density at radius 3 is 2.10 bits per heavy atom. The van der Waals surface area contributed by atoms with Crippen molar-refractivity contribution < 1.29 is 36.6 Å². The van der Waals surface area contributed by atoms with Gasteiger partial charge in [-0.2, -0.15) is 8.78 Å². The van der Waals surface area contributed by atoms with E-state index in [1.807, 2.05) is 13.8 Å². The Balaban J connectivity index is 3.85. The zero-order valence-electron chi connectivity index (χ0n) is 12.0. The largest absolute Gasteiger partial charge is 0.465 e. The normalized spacial score (nSPS) is 13.1. The van der Waals surface area contributed by atoms with Crippen molar-refractivity contribution in [3.8, 4) is 0 Å².